The van der Waals surface area contributed by atoms with Crippen molar-refractivity contribution in [1.82, 2.24) is 4.98 Å². The van der Waals surface area contributed by atoms with Gasteiger partial charge in [0, 0.05) is 16.5 Å². The van der Waals surface area contributed by atoms with E-state index in [4.69, 9.17) is 10.5 Å². The lowest BCUT2D eigenvalue weighted by atomic mass is 10.1. The quantitative estimate of drug-likeness (QED) is 0.654. The summed E-state index contributed by atoms with van der Waals surface area (Å²) in [5, 5.41) is 12.1. The number of thiazole rings is 1. The maximum absolute atomic E-state index is 11.2. The Morgan fingerprint density at radius 2 is 2.24 bits per heavy atom. The molecule has 6 nitrogen and oxygen atoms in total. The molecule has 0 aliphatic carbocycles. The Kier molecular flexibility index (Phi) is 4.87. The van der Waals surface area contributed by atoms with Crippen LogP contribution in [-0.4, -0.2) is 23.1 Å². The van der Waals surface area contributed by atoms with Gasteiger partial charge in [-0.15, -0.1) is 11.3 Å². The molecule has 0 bridgehead atoms. The summed E-state index contributed by atoms with van der Waals surface area (Å²) in [6, 6.07) is 4.93. The summed E-state index contributed by atoms with van der Waals surface area (Å²) < 4.78 is 5.29. The van der Waals surface area contributed by atoms with Crippen molar-refractivity contribution in [2.75, 3.05) is 13.2 Å². The lowest BCUT2D eigenvalue weighted by Crippen LogP contribution is -2.02. The molecule has 112 valence electrons. The topological polar surface area (TPSA) is 91.3 Å². The molecule has 0 unspecified atom stereocenters. The number of nitrogens with zero attached hydrogens (tertiary/aromatic N) is 2. The molecule has 0 amide bonds. The van der Waals surface area contributed by atoms with Gasteiger partial charge in [-0.05, 0) is 38.9 Å². The van der Waals surface area contributed by atoms with Gasteiger partial charge in [0.15, 0.2) is 5.75 Å². The van der Waals surface area contributed by atoms with Gasteiger partial charge in [-0.25, -0.2) is 4.98 Å². The second-order valence-corrected chi connectivity index (χ2v) is 5.70. The summed E-state index contributed by atoms with van der Waals surface area (Å²) in [6.45, 7) is 4.61. The van der Waals surface area contributed by atoms with Crippen molar-refractivity contribution in [3.8, 4) is 17.0 Å². The van der Waals surface area contributed by atoms with E-state index in [1.165, 1.54) is 6.07 Å². The number of nitro groups is 1. The second-order valence-electron chi connectivity index (χ2n) is 4.42. The molecule has 0 atom stereocenters. The van der Waals surface area contributed by atoms with Crippen molar-refractivity contribution >= 4 is 17.0 Å². The van der Waals surface area contributed by atoms with Crippen molar-refractivity contribution in [2.45, 2.75) is 20.3 Å². The molecule has 0 aliphatic heterocycles. The van der Waals surface area contributed by atoms with Crippen molar-refractivity contribution in [1.29, 1.82) is 0 Å². The first-order valence-electron chi connectivity index (χ1n) is 6.64. The maximum atomic E-state index is 11.2. The molecule has 2 N–H and O–H groups in total. The first-order valence-corrected chi connectivity index (χ1v) is 7.46. The highest BCUT2D eigenvalue weighted by Gasteiger charge is 2.19. The normalized spacial score (nSPS) is 10.6. The fourth-order valence-electron chi connectivity index (χ4n) is 2.08. The van der Waals surface area contributed by atoms with Crippen molar-refractivity contribution in [3.05, 3.63) is 38.2 Å². The number of nitrogens with two attached hydrogens (primary N) is 1. The number of nitro benzene ring substituents is 1. The van der Waals surface area contributed by atoms with E-state index in [-0.39, 0.29) is 11.4 Å². The molecule has 0 fully saturated rings. The third-order valence-electron chi connectivity index (χ3n) is 2.90. The van der Waals surface area contributed by atoms with E-state index >= 15 is 0 Å². The van der Waals surface area contributed by atoms with Crippen LogP contribution >= 0.6 is 11.3 Å². The van der Waals surface area contributed by atoms with Gasteiger partial charge in [-0.1, -0.05) is 0 Å². The van der Waals surface area contributed by atoms with E-state index in [0.717, 1.165) is 21.1 Å². The molecule has 2 aromatic rings. The summed E-state index contributed by atoms with van der Waals surface area (Å²) in [4.78, 5) is 16.3. The van der Waals surface area contributed by atoms with Crippen molar-refractivity contribution in [3.63, 3.8) is 0 Å². The number of rotatable bonds is 6. The van der Waals surface area contributed by atoms with Crippen LogP contribution in [0.5, 0.6) is 5.75 Å². The zero-order valence-corrected chi connectivity index (χ0v) is 12.8. The summed E-state index contributed by atoms with van der Waals surface area (Å²) in [5.41, 5.74) is 7.06. The Bertz CT molecular complexity index is 655. The minimum atomic E-state index is -0.434. The van der Waals surface area contributed by atoms with Gasteiger partial charge in [-0.2, -0.15) is 0 Å². The lowest BCUT2D eigenvalue weighted by molar-refractivity contribution is -0.385. The zero-order chi connectivity index (χ0) is 15.4. The van der Waals surface area contributed by atoms with E-state index < -0.39 is 4.92 Å². The van der Waals surface area contributed by atoms with Crippen LogP contribution in [0.1, 0.15) is 16.8 Å². The largest absolute Gasteiger partial charge is 0.487 e. The SMILES string of the molecule is CCOc1ccc(-c2nc(C)sc2CCN)cc1[N+](=O)[O-]. The molecular formula is C14H17N3O3S. The molecule has 0 saturated carbocycles. The van der Waals surface area contributed by atoms with Crippen LogP contribution < -0.4 is 10.5 Å². The highest BCUT2D eigenvalue weighted by molar-refractivity contribution is 7.12. The van der Waals surface area contributed by atoms with Crippen LogP contribution in [-0.2, 0) is 6.42 Å². The molecule has 7 heteroatoms. The van der Waals surface area contributed by atoms with Crippen LogP contribution in [0, 0.1) is 17.0 Å². The van der Waals surface area contributed by atoms with Crippen LogP contribution in [0.3, 0.4) is 0 Å². The number of hydrogen-bond acceptors (Lipinski definition) is 6. The molecule has 0 aliphatic rings. The van der Waals surface area contributed by atoms with Gasteiger partial charge >= 0.3 is 5.69 Å². The van der Waals surface area contributed by atoms with E-state index in [2.05, 4.69) is 4.98 Å². The van der Waals surface area contributed by atoms with Gasteiger partial charge in [0.2, 0.25) is 0 Å². The lowest BCUT2D eigenvalue weighted by Gasteiger charge is -2.06. The van der Waals surface area contributed by atoms with Crippen LogP contribution in [0.4, 0.5) is 5.69 Å². The fraction of sp³-hybridized carbons (Fsp3) is 0.357. The number of aromatic nitrogens is 1. The molecule has 0 spiro atoms. The van der Waals surface area contributed by atoms with Crippen molar-refractivity contribution in [2.24, 2.45) is 5.73 Å². The van der Waals surface area contributed by atoms with Gasteiger partial charge in [0.1, 0.15) is 0 Å². The number of hydrogen-bond donors (Lipinski definition) is 1. The summed E-state index contributed by atoms with van der Waals surface area (Å²) >= 11 is 1.57. The summed E-state index contributed by atoms with van der Waals surface area (Å²) in [6.07, 6.45) is 0.710. The smallest absolute Gasteiger partial charge is 0.311 e. The summed E-state index contributed by atoms with van der Waals surface area (Å²) in [5.74, 6) is 0.276. The highest BCUT2D eigenvalue weighted by Crippen LogP contribution is 2.35. The predicted octanol–water partition coefficient (Wildman–Crippen LogP) is 2.93. The third kappa shape index (κ3) is 3.37. The molecule has 1 aromatic heterocycles. The van der Waals surface area contributed by atoms with E-state index in [0.29, 0.717) is 19.6 Å². The molecule has 1 heterocycles. The van der Waals surface area contributed by atoms with E-state index in [9.17, 15) is 10.1 Å². The first-order chi connectivity index (χ1) is 10.1. The minimum absolute atomic E-state index is 0.0429. The van der Waals surface area contributed by atoms with Crippen LogP contribution in [0.15, 0.2) is 18.2 Å². The average Bonchev–Trinajstić information content (AvgIpc) is 2.81. The third-order valence-corrected chi connectivity index (χ3v) is 3.94. The molecule has 0 saturated heterocycles. The first kappa shape index (κ1) is 15.4. The van der Waals surface area contributed by atoms with Gasteiger partial charge < -0.3 is 10.5 Å². The van der Waals surface area contributed by atoms with Crippen LogP contribution in [0.2, 0.25) is 0 Å². The van der Waals surface area contributed by atoms with Gasteiger partial charge in [-0.3, -0.25) is 10.1 Å². The van der Waals surface area contributed by atoms with Gasteiger partial charge in [0.05, 0.1) is 22.2 Å². The second kappa shape index (κ2) is 6.64. The Balaban J connectivity index is 2.49. The Hall–Kier alpha value is -1.99. The standard InChI is InChI=1S/C14H17N3O3S/c1-3-20-12-5-4-10(8-11(12)17(18)19)14-13(6-7-15)21-9(2)16-14/h4-5,8H,3,6-7,15H2,1-2H3. The van der Waals surface area contributed by atoms with E-state index in [1.807, 2.05) is 6.92 Å². The fourth-order valence-corrected chi connectivity index (χ4v) is 3.05. The highest BCUT2D eigenvalue weighted by atomic mass is 32.1. The number of ether oxygens (including phenoxy) is 1. The Morgan fingerprint density at radius 3 is 2.86 bits per heavy atom. The molecule has 2 rings (SSSR count). The van der Waals surface area contributed by atoms with E-state index in [1.54, 1.807) is 30.4 Å². The zero-order valence-electron chi connectivity index (χ0n) is 12.0. The number of aryl methyl sites for hydroxylation is 1. The average molecular weight is 307 g/mol. The molecule has 21 heavy (non-hydrogen) atoms. The maximum Gasteiger partial charge on any atom is 0.311 e. The van der Waals surface area contributed by atoms with Crippen molar-refractivity contribution < 1.29 is 9.66 Å². The summed E-state index contributed by atoms with van der Waals surface area (Å²) in [7, 11) is 0. The van der Waals surface area contributed by atoms with Crippen LogP contribution in [0.25, 0.3) is 11.3 Å². The molecular weight excluding hydrogens is 290 g/mol. The minimum Gasteiger partial charge on any atom is -0.487 e. The predicted molar refractivity (Wildman–Crippen MR) is 82.9 cm³/mol. The Morgan fingerprint density at radius 1 is 1.48 bits per heavy atom. The van der Waals surface area contributed by atoms with Gasteiger partial charge in [0.25, 0.3) is 0 Å². The Labute approximate surface area is 126 Å². The molecule has 1 aromatic carbocycles. The molecule has 0 radical (unpaired) electrons. The number of benzene rings is 1. The monoisotopic (exact) mass is 307 g/mol.